The molecule has 7 nitrogen and oxygen atoms in total. The van der Waals surface area contributed by atoms with Gasteiger partial charge in [-0.15, -0.1) is 0 Å². The van der Waals surface area contributed by atoms with Gasteiger partial charge in [0, 0.05) is 12.3 Å². The number of hydrogen-bond acceptors (Lipinski definition) is 7. The van der Waals surface area contributed by atoms with Crippen LogP contribution in [-0.4, -0.2) is 30.4 Å². The fourth-order valence-corrected chi connectivity index (χ4v) is 1.03. The average Bonchev–Trinajstić information content (AvgIpc) is 2.50. The van der Waals surface area contributed by atoms with E-state index in [9.17, 15) is 4.79 Å². The highest BCUT2D eigenvalue weighted by molar-refractivity contribution is 6.43. The highest BCUT2D eigenvalue weighted by atomic mass is 16.5. The number of esters is 1. The number of hydrazone groups is 1. The number of carbonyl (C=O) groups excluding carboxylic acids is 1. The van der Waals surface area contributed by atoms with Gasteiger partial charge in [0.1, 0.15) is 6.07 Å². The molecule has 0 atom stereocenters. The Balaban J connectivity index is 0.00000172. The molecule has 0 unspecified atom stereocenters. The molecule has 20 heavy (non-hydrogen) atoms. The first-order valence-electron chi connectivity index (χ1n) is 6.12. The molecule has 0 aliphatic carbocycles. The van der Waals surface area contributed by atoms with Crippen LogP contribution in [0, 0.1) is 11.3 Å². The predicted octanol–water partition coefficient (Wildman–Crippen LogP) is 1.97. The summed E-state index contributed by atoms with van der Waals surface area (Å²) in [6, 6.07) is 4.84. The van der Waals surface area contributed by atoms with Crippen LogP contribution in [0.25, 0.3) is 0 Å². The van der Waals surface area contributed by atoms with Crippen LogP contribution in [0.15, 0.2) is 23.4 Å². The molecule has 0 fully saturated rings. The van der Waals surface area contributed by atoms with E-state index in [4.69, 9.17) is 10.00 Å². The number of pyridine rings is 1. The zero-order valence-electron chi connectivity index (χ0n) is 12.0. The summed E-state index contributed by atoms with van der Waals surface area (Å²) in [5.41, 5.74) is 2.74. The Bertz CT molecular complexity index is 495. The second-order valence-corrected chi connectivity index (χ2v) is 2.99. The molecular formula is C13H18N4O3. The van der Waals surface area contributed by atoms with E-state index in [-0.39, 0.29) is 12.3 Å². The van der Waals surface area contributed by atoms with Crippen molar-refractivity contribution >= 4 is 17.4 Å². The van der Waals surface area contributed by atoms with E-state index in [0.717, 1.165) is 0 Å². The molecule has 1 rings (SSSR count). The lowest BCUT2D eigenvalue weighted by atomic mass is 10.4. The molecule has 108 valence electrons. The molecule has 1 heterocycles. The average molecular weight is 278 g/mol. The van der Waals surface area contributed by atoms with Gasteiger partial charge in [-0.1, -0.05) is 13.8 Å². The molecule has 0 saturated heterocycles. The molecule has 0 bridgehead atoms. The molecule has 1 aromatic rings. The Morgan fingerprint density at radius 3 is 2.80 bits per heavy atom. The summed E-state index contributed by atoms with van der Waals surface area (Å²) in [4.78, 5) is 15.2. The zero-order chi connectivity index (χ0) is 15.4. The molecule has 0 amide bonds. The highest BCUT2D eigenvalue weighted by Crippen LogP contribution is 2.13. The van der Waals surface area contributed by atoms with Gasteiger partial charge in [-0.2, -0.15) is 10.4 Å². The van der Waals surface area contributed by atoms with Gasteiger partial charge in [-0.25, -0.2) is 9.78 Å². The van der Waals surface area contributed by atoms with Gasteiger partial charge < -0.3 is 9.47 Å². The fraction of sp³-hybridized carbons (Fsp3) is 0.385. The summed E-state index contributed by atoms with van der Waals surface area (Å²) in [5.74, 6) is -0.377. The first-order valence-corrected chi connectivity index (χ1v) is 6.12. The number of nitrogens with one attached hydrogen (secondary N) is 1. The molecular weight excluding hydrogens is 260 g/mol. The molecule has 0 aliphatic heterocycles. The van der Waals surface area contributed by atoms with Gasteiger partial charge in [0.2, 0.25) is 11.6 Å². The van der Waals surface area contributed by atoms with Gasteiger partial charge >= 0.3 is 5.97 Å². The summed E-state index contributed by atoms with van der Waals surface area (Å²) < 4.78 is 9.58. The van der Waals surface area contributed by atoms with Crippen LogP contribution >= 0.6 is 0 Å². The van der Waals surface area contributed by atoms with Crippen molar-refractivity contribution < 1.29 is 14.3 Å². The van der Waals surface area contributed by atoms with Crippen LogP contribution in [0.4, 0.5) is 5.69 Å². The quantitative estimate of drug-likeness (QED) is 0.502. The van der Waals surface area contributed by atoms with Gasteiger partial charge in [-0.05, 0) is 13.0 Å². The lowest BCUT2D eigenvalue weighted by molar-refractivity contribution is -0.134. The smallest absolute Gasteiger partial charge is 0.369 e. The molecule has 0 saturated carbocycles. The number of nitrogens with zero attached hydrogens (tertiary/aromatic N) is 3. The molecule has 0 aromatic carbocycles. The fourth-order valence-electron chi connectivity index (χ4n) is 1.03. The maximum atomic E-state index is 11.3. The van der Waals surface area contributed by atoms with Crippen molar-refractivity contribution in [2.45, 2.75) is 20.8 Å². The molecule has 1 aromatic heterocycles. The largest absolute Gasteiger partial charge is 0.481 e. The Kier molecular flexibility index (Phi) is 8.96. The molecule has 0 radical (unpaired) electrons. The van der Waals surface area contributed by atoms with Crippen LogP contribution < -0.4 is 10.2 Å². The third-order valence-corrected chi connectivity index (χ3v) is 1.82. The SMILES string of the molecule is CC.CCOC(=O)/C(C#N)=N\Nc1ccnc(OC)c1. The van der Waals surface area contributed by atoms with E-state index in [1.165, 1.54) is 13.3 Å². The summed E-state index contributed by atoms with van der Waals surface area (Å²) in [5, 5.41) is 12.4. The monoisotopic (exact) mass is 278 g/mol. The van der Waals surface area contributed by atoms with E-state index in [1.807, 2.05) is 13.8 Å². The minimum absolute atomic E-state index is 0.183. The number of nitriles is 1. The Hall–Kier alpha value is -2.62. The van der Waals surface area contributed by atoms with Crippen molar-refractivity contribution in [3.63, 3.8) is 0 Å². The van der Waals surface area contributed by atoms with Crippen molar-refractivity contribution in [2.75, 3.05) is 19.1 Å². The standard InChI is InChI=1S/C11H12N4O3.C2H6/c1-3-18-11(16)9(7-12)15-14-8-4-5-13-10(6-8)17-2;1-2/h4-6H,3H2,1-2H3,(H,13,14);1-2H3/b15-9-;. The number of methoxy groups -OCH3 is 1. The topological polar surface area (TPSA) is 96.6 Å². The van der Waals surface area contributed by atoms with E-state index < -0.39 is 5.97 Å². The van der Waals surface area contributed by atoms with Crippen molar-refractivity contribution in [3.05, 3.63) is 18.3 Å². The number of ether oxygens (including phenoxy) is 2. The Morgan fingerprint density at radius 1 is 1.55 bits per heavy atom. The minimum atomic E-state index is -0.770. The highest BCUT2D eigenvalue weighted by Gasteiger charge is 2.11. The van der Waals surface area contributed by atoms with E-state index in [2.05, 4.69) is 20.2 Å². The number of anilines is 1. The van der Waals surface area contributed by atoms with Gasteiger partial charge in [0.15, 0.2) is 0 Å². The maximum Gasteiger partial charge on any atom is 0.369 e. The van der Waals surface area contributed by atoms with Crippen LogP contribution in [0.1, 0.15) is 20.8 Å². The number of hydrogen-bond donors (Lipinski definition) is 1. The van der Waals surface area contributed by atoms with E-state index >= 15 is 0 Å². The zero-order valence-corrected chi connectivity index (χ0v) is 12.0. The molecule has 0 spiro atoms. The van der Waals surface area contributed by atoms with E-state index in [1.54, 1.807) is 25.1 Å². The predicted molar refractivity (Wildman–Crippen MR) is 75.4 cm³/mol. The van der Waals surface area contributed by atoms with Crippen LogP contribution in [0.2, 0.25) is 0 Å². The summed E-state index contributed by atoms with van der Waals surface area (Å²) >= 11 is 0. The Labute approximate surface area is 118 Å². The maximum absolute atomic E-state index is 11.3. The first-order chi connectivity index (χ1) is 9.71. The second kappa shape index (κ2) is 10.3. The molecule has 1 N–H and O–H groups in total. The normalized spacial score (nSPS) is 9.65. The number of aromatic nitrogens is 1. The van der Waals surface area contributed by atoms with Crippen LogP contribution in [0.5, 0.6) is 5.88 Å². The summed E-state index contributed by atoms with van der Waals surface area (Å²) in [7, 11) is 1.48. The lowest BCUT2D eigenvalue weighted by Gasteiger charge is -2.03. The third kappa shape index (κ3) is 5.82. The van der Waals surface area contributed by atoms with Gasteiger partial charge in [-0.3, -0.25) is 5.43 Å². The third-order valence-electron chi connectivity index (χ3n) is 1.82. The summed E-state index contributed by atoms with van der Waals surface area (Å²) in [6.07, 6.45) is 1.51. The molecule has 7 heteroatoms. The second-order valence-electron chi connectivity index (χ2n) is 2.99. The minimum Gasteiger partial charge on any atom is -0.481 e. The van der Waals surface area contributed by atoms with Crippen LogP contribution in [-0.2, 0) is 9.53 Å². The summed E-state index contributed by atoms with van der Waals surface area (Å²) in [6.45, 7) is 5.83. The van der Waals surface area contributed by atoms with Crippen molar-refractivity contribution in [1.82, 2.24) is 4.98 Å². The van der Waals surface area contributed by atoms with Crippen LogP contribution in [0.3, 0.4) is 0 Å². The lowest BCUT2D eigenvalue weighted by Crippen LogP contribution is -2.17. The number of rotatable bonds is 5. The van der Waals surface area contributed by atoms with E-state index in [0.29, 0.717) is 11.6 Å². The number of carbonyl (C=O) groups is 1. The Morgan fingerprint density at radius 2 is 2.25 bits per heavy atom. The van der Waals surface area contributed by atoms with Crippen molar-refractivity contribution in [3.8, 4) is 11.9 Å². The van der Waals surface area contributed by atoms with Crippen molar-refractivity contribution in [1.29, 1.82) is 5.26 Å². The van der Waals surface area contributed by atoms with Gasteiger partial charge in [0.25, 0.3) is 0 Å². The molecule has 0 aliphatic rings. The van der Waals surface area contributed by atoms with Crippen molar-refractivity contribution in [2.24, 2.45) is 5.10 Å². The first kappa shape index (κ1) is 17.4. The van der Waals surface area contributed by atoms with Gasteiger partial charge in [0.05, 0.1) is 19.4 Å².